The van der Waals surface area contributed by atoms with Crippen LogP contribution in [0.3, 0.4) is 0 Å². The van der Waals surface area contributed by atoms with Crippen molar-refractivity contribution in [1.29, 1.82) is 0 Å². The fourth-order valence-corrected chi connectivity index (χ4v) is 2.74. The number of hydrogen-bond acceptors (Lipinski definition) is 2. The van der Waals surface area contributed by atoms with E-state index in [1.807, 2.05) is 18.5 Å². The molecule has 1 aromatic heterocycles. The summed E-state index contributed by atoms with van der Waals surface area (Å²) in [5, 5.41) is 3.57. The van der Waals surface area contributed by atoms with Gasteiger partial charge in [0.25, 0.3) is 0 Å². The Morgan fingerprint density at radius 3 is 2.74 bits per heavy atom. The van der Waals surface area contributed by atoms with Crippen molar-refractivity contribution < 1.29 is 0 Å². The molecule has 0 saturated heterocycles. The molecule has 0 radical (unpaired) electrons. The molecule has 1 heterocycles. The van der Waals surface area contributed by atoms with E-state index in [0.29, 0.717) is 6.04 Å². The van der Waals surface area contributed by atoms with Gasteiger partial charge < -0.3 is 5.32 Å². The summed E-state index contributed by atoms with van der Waals surface area (Å²) in [6.07, 6.45) is 4.77. The van der Waals surface area contributed by atoms with E-state index in [9.17, 15) is 0 Å². The third-order valence-corrected chi connectivity index (χ3v) is 4.05. The minimum absolute atomic E-state index is 0.326. The fourth-order valence-electron chi connectivity index (χ4n) is 2.30. The summed E-state index contributed by atoms with van der Waals surface area (Å²) in [5.41, 5.74) is 3.89. The van der Waals surface area contributed by atoms with Crippen molar-refractivity contribution in [3.05, 3.63) is 63.9 Å². The van der Waals surface area contributed by atoms with Crippen molar-refractivity contribution in [2.45, 2.75) is 26.3 Å². The molecule has 0 spiro atoms. The lowest BCUT2D eigenvalue weighted by atomic mass is 9.96. The van der Waals surface area contributed by atoms with E-state index in [0.717, 1.165) is 13.0 Å². The van der Waals surface area contributed by atoms with Crippen LogP contribution in [-0.2, 0) is 6.42 Å². The number of benzene rings is 1. The zero-order valence-corrected chi connectivity index (χ0v) is 12.9. The van der Waals surface area contributed by atoms with Crippen molar-refractivity contribution >= 4 is 15.9 Å². The summed E-state index contributed by atoms with van der Waals surface area (Å²) in [4.78, 5) is 4.17. The molecule has 1 unspecified atom stereocenters. The number of pyridine rings is 1. The third kappa shape index (κ3) is 3.64. The molecule has 0 aliphatic heterocycles. The van der Waals surface area contributed by atoms with Gasteiger partial charge in [-0.1, -0.05) is 41.1 Å². The molecule has 0 amide bonds. The van der Waals surface area contributed by atoms with Gasteiger partial charge in [-0.25, -0.2) is 0 Å². The van der Waals surface area contributed by atoms with Crippen molar-refractivity contribution in [3.63, 3.8) is 0 Å². The summed E-state index contributed by atoms with van der Waals surface area (Å²) in [7, 11) is 0. The molecule has 1 atom stereocenters. The fraction of sp³-hybridized carbons (Fsp3) is 0.312. The summed E-state index contributed by atoms with van der Waals surface area (Å²) in [6, 6.07) is 10.8. The molecule has 2 aromatic rings. The highest BCUT2D eigenvalue weighted by Crippen LogP contribution is 2.25. The van der Waals surface area contributed by atoms with E-state index >= 15 is 0 Å². The van der Waals surface area contributed by atoms with Gasteiger partial charge in [0.1, 0.15) is 0 Å². The van der Waals surface area contributed by atoms with E-state index in [2.05, 4.69) is 64.3 Å². The van der Waals surface area contributed by atoms with Crippen LogP contribution in [0.5, 0.6) is 0 Å². The molecule has 100 valence electrons. The minimum atomic E-state index is 0.326. The van der Waals surface area contributed by atoms with Crippen LogP contribution in [0.25, 0.3) is 0 Å². The molecule has 19 heavy (non-hydrogen) atoms. The molecule has 0 aliphatic carbocycles. The lowest BCUT2D eigenvalue weighted by Crippen LogP contribution is -2.24. The molecule has 1 N–H and O–H groups in total. The van der Waals surface area contributed by atoms with Crippen molar-refractivity contribution in [2.75, 3.05) is 6.54 Å². The van der Waals surface area contributed by atoms with Gasteiger partial charge in [0.15, 0.2) is 0 Å². The van der Waals surface area contributed by atoms with Gasteiger partial charge in [-0.05, 0) is 48.7 Å². The summed E-state index contributed by atoms with van der Waals surface area (Å²) in [6.45, 7) is 5.22. The zero-order chi connectivity index (χ0) is 13.7. The van der Waals surface area contributed by atoms with Crippen LogP contribution in [0.2, 0.25) is 0 Å². The second kappa shape index (κ2) is 6.83. The molecular formula is C16H19BrN2. The number of aromatic nitrogens is 1. The lowest BCUT2D eigenvalue weighted by Gasteiger charge is -2.20. The first-order chi connectivity index (χ1) is 9.22. The second-order valence-corrected chi connectivity index (χ2v) is 5.49. The van der Waals surface area contributed by atoms with Crippen LogP contribution >= 0.6 is 15.9 Å². The Hall–Kier alpha value is -1.19. The highest BCUT2D eigenvalue weighted by atomic mass is 79.9. The van der Waals surface area contributed by atoms with Crippen molar-refractivity contribution in [2.24, 2.45) is 0 Å². The molecule has 0 fully saturated rings. The van der Waals surface area contributed by atoms with Crippen LogP contribution in [0.15, 0.2) is 47.2 Å². The largest absolute Gasteiger partial charge is 0.310 e. The number of nitrogens with one attached hydrogen (secondary N) is 1. The molecule has 0 saturated carbocycles. The van der Waals surface area contributed by atoms with E-state index in [1.54, 1.807) is 0 Å². The first-order valence-electron chi connectivity index (χ1n) is 6.59. The zero-order valence-electron chi connectivity index (χ0n) is 11.4. The third-order valence-electron chi connectivity index (χ3n) is 3.27. The normalized spacial score (nSPS) is 12.4. The minimum Gasteiger partial charge on any atom is -0.310 e. The molecule has 1 aromatic carbocycles. The lowest BCUT2D eigenvalue weighted by molar-refractivity contribution is 0.546. The van der Waals surface area contributed by atoms with Crippen molar-refractivity contribution in [1.82, 2.24) is 10.3 Å². The smallest absolute Gasteiger partial charge is 0.0364 e. The topological polar surface area (TPSA) is 24.9 Å². The number of rotatable bonds is 5. The van der Waals surface area contributed by atoms with Crippen LogP contribution in [0.4, 0.5) is 0 Å². The Kier molecular flexibility index (Phi) is 5.11. The first kappa shape index (κ1) is 14.2. The Morgan fingerprint density at radius 2 is 2.05 bits per heavy atom. The van der Waals surface area contributed by atoms with Gasteiger partial charge in [0.05, 0.1) is 0 Å². The number of halogens is 1. The number of nitrogens with zero attached hydrogens (tertiary/aromatic N) is 1. The van der Waals surface area contributed by atoms with Crippen LogP contribution in [0.1, 0.15) is 29.7 Å². The van der Waals surface area contributed by atoms with E-state index < -0.39 is 0 Å². The quantitative estimate of drug-likeness (QED) is 0.899. The average Bonchev–Trinajstić information content (AvgIpc) is 2.41. The summed E-state index contributed by atoms with van der Waals surface area (Å²) >= 11 is 3.63. The van der Waals surface area contributed by atoms with E-state index in [4.69, 9.17) is 0 Å². The van der Waals surface area contributed by atoms with Gasteiger partial charge in [-0.2, -0.15) is 0 Å². The maximum absolute atomic E-state index is 4.17. The Balaban J connectivity index is 2.27. The molecule has 0 bridgehead atoms. The Morgan fingerprint density at radius 1 is 1.26 bits per heavy atom. The predicted molar refractivity (Wildman–Crippen MR) is 83.2 cm³/mol. The van der Waals surface area contributed by atoms with Crippen LogP contribution in [0, 0.1) is 6.92 Å². The molecular weight excluding hydrogens is 300 g/mol. The van der Waals surface area contributed by atoms with E-state index in [-0.39, 0.29) is 0 Å². The SMILES string of the molecule is CCNC(Cc1ccccc1Br)c1ccncc1C. The summed E-state index contributed by atoms with van der Waals surface area (Å²) < 4.78 is 1.17. The van der Waals surface area contributed by atoms with Crippen molar-refractivity contribution in [3.8, 4) is 0 Å². The standard InChI is InChI=1S/C16H19BrN2/c1-3-19-16(14-8-9-18-11-12(14)2)10-13-6-4-5-7-15(13)17/h4-9,11,16,19H,3,10H2,1-2H3. The van der Waals surface area contributed by atoms with Gasteiger partial charge in [0.2, 0.25) is 0 Å². The van der Waals surface area contributed by atoms with Crippen LogP contribution in [-0.4, -0.2) is 11.5 Å². The molecule has 2 nitrogen and oxygen atoms in total. The second-order valence-electron chi connectivity index (χ2n) is 4.64. The van der Waals surface area contributed by atoms with Gasteiger partial charge in [-0.15, -0.1) is 0 Å². The Bertz CT molecular complexity index is 540. The summed E-state index contributed by atoms with van der Waals surface area (Å²) in [5.74, 6) is 0. The van der Waals surface area contributed by atoms with Gasteiger partial charge >= 0.3 is 0 Å². The van der Waals surface area contributed by atoms with E-state index in [1.165, 1.54) is 21.2 Å². The monoisotopic (exact) mass is 318 g/mol. The Labute approximate surface area is 123 Å². The molecule has 2 rings (SSSR count). The molecule has 0 aliphatic rings. The average molecular weight is 319 g/mol. The maximum atomic E-state index is 4.17. The van der Waals surface area contributed by atoms with Gasteiger partial charge in [0, 0.05) is 22.9 Å². The molecule has 3 heteroatoms. The number of aryl methyl sites for hydroxylation is 1. The number of hydrogen-bond donors (Lipinski definition) is 1. The highest BCUT2D eigenvalue weighted by Gasteiger charge is 2.14. The highest BCUT2D eigenvalue weighted by molar-refractivity contribution is 9.10. The first-order valence-corrected chi connectivity index (χ1v) is 7.39. The maximum Gasteiger partial charge on any atom is 0.0364 e. The number of likely N-dealkylation sites (N-methyl/N-ethyl adjacent to an activating group) is 1. The van der Waals surface area contributed by atoms with Gasteiger partial charge in [-0.3, -0.25) is 4.98 Å². The van der Waals surface area contributed by atoms with Crippen LogP contribution < -0.4 is 5.32 Å². The predicted octanol–water partition coefficient (Wildman–Crippen LogP) is 4.05.